The first-order chi connectivity index (χ1) is 8.06. The Morgan fingerprint density at radius 1 is 1.44 bits per heavy atom. The van der Waals surface area contributed by atoms with Crippen LogP contribution in [-0.2, 0) is 9.22 Å². The Bertz CT molecular complexity index is 312. The van der Waals surface area contributed by atoms with Crippen molar-refractivity contribution in [1.29, 1.82) is 0 Å². The summed E-state index contributed by atoms with van der Waals surface area (Å²) in [5.74, 6) is -1.15. The van der Waals surface area contributed by atoms with Crippen LogP contribution in [0, 0.1) is 5.92 Å². The zero-order valence-corrected chi connectivity index (χ0v) is 13.4. The predicted octanol–water partition coefficient (Wildman–Crippen LogP) is 2.46. The molecule has 0 saturated carbocycles. The van der Waals surface area contributed by atoms with Crippen LogP contribution >= 0.6 is 0 Å². The van der Waals surface area contributed by atoms with Gasteiger partial charge in [-0.05, 0) is 31.1 Å². The van der Waals surface area contributed by atoms with Crippen molar-refractivity contribution in [1.82, 2.24) is 5.32 Å². The van der Waals surface area contributed by atoms with E-state index in [9.17, 15) is 4.79 Å². The Morgan fingerprint density at radius 3 is 2.44 bits per heavy atom. The van der Waals surface area contributed by atoms with Gasteiger partial charge in [0.1, 0.15) is 0 Å². The lowest BCUT2D eigenvalue weighted by atomic mass is 9.99. The lowest BCUT2D eigenvalue weighted by Crippen LogP contribution is -2.49. The molecule has 4 nitrogen and oxygen atoms in total. The molecule has 5 heteroatoms. The maximum atomic E-state index is 11.1. The molecule has 1 saturated heterocycles. The van der Waals surface area contributed by atoms with Crippen molar-refractivity contribution in [2.75, 3.05) is 6.54 Å². The van der Waals surface area contributed by atoms with Crippen LogP contribution in [0.15, 0.2) is 0 Å². The van der Waals surface area contributed by atoms with E-state index < -0.39 is 20.2 Å². The smallest absolute Gasteiger partial charge is 0.307 e. The fourth-order valence-electron chi connectivity index (χ4n) is 2.04. The van der Waals surface area contributed by atoms with E-state index in [2.05, 4.69) is 39.2 Å². The van der Waals surface area contributed by atoms with Crippen molar-refractivity contribution < 1.29 is 14.3 Å². The van der Waals surface area contributed by atoms with Gasteiger partial charge in [0.25, 0.3) is 0 Å². The van der Waals surface area contributed by atoms with Crippen LogP contribution in [0.4, 0.5) is 0 Å². The Labute approximate surface area is 111 Å². The maximum Gasteiger partial charge on any atom is 0.307 e. The minimum absolute atomic E-state index is 0.0389. The van der Waals surface area contributed by atoms with Gasteiger partial charge in [-0.2, -0.15) is 0 Å². The summed E-state index contributed by atoms with van der Waals surface area (Å²) < 4.78 is 6.36. The molecule has 1 rings (SSSR count). The van der Waals surface area contributed by atoms with Crippen LogP contribution in [0.2, 0.25) is 18.1 Å². The number of hydrogen-bond donors (Lipinski definition) is 2. The highest BCUT2D eigenvalue weighted by Gasteiger charge is 2.43. The van der Waals surface area contributed by atoms with Gasteiger partial charge in [-0.15, -0.1) is 0 Å². The second-order valence-electron chi connectivity index (χ2n) is 6.81. The molecule has 0 bridgehead atoms. The molecule has 0 aromatic rings. The fourth-order valence-corrected chi connectivity index (χ4v) is 3.42. The van der Waals surface area contributed by atoms with Gasteiger partial charge in [0.05, 0.1) is 12.0 Å². The van der Waals surface area contributed by atoms with Crippen molar-refractivity contribution in [3.05, 3.63) is 0 Å². The molecule has 3 atom stereocenters. The molecule has 18 heavy (non-hydrogen) atoms. The van der Waals surface area contributed by atoms with E-state index in [0.29, 0.717) is 0 Å². The molecular weight excluding hydrogens is 246 g/mol. The average Bonchev–Trinajstić information content (AvgIpc) is 2.61. The van der Waals surface area contributed by atoms with Crippen LogP contribution in [0.1, 0.15) is 34.1 Å². The van der Waals surface area contributed by atoms with E-state index in [-0.39, 0.29) is 17.2 Å². The summed E-state index contributed by atoms with van der Waals surface area (Å²) in [4.78, 5) is 11.1. The Kier molecular flexibility index (Phi) is 4.62. The summed E-state index contributed by atoms with van der Waals surface area (Å²) in [5.41, 5.74) is 0. The molecule has 1 aliphatic heterocycles. The van der Waals surface area contributed by atoms with Crippen LogP contribution in [0.5, 0.6) is 0 Å². The Morgan fingerprint density at radius 2 is 2.00 bits per heavy atom. The van der Waals surface area contributed by atoms with Crippen molar-refractivity contribution in [3.8, 4) is 0 Å². The number of carboxylic acids is 1. The molecule has 2 N–H and O–H groups in total. The molecular formula is C13H27NO3Si. The van der Waals surface area contributed by atoms with Gasteiger partial charge < -0.3 is 14.8 Å². The van der Waals surface area contributed by atoms with Gasteiger partial charge in [-0.3, -0.25) is 4.79 Å². The number of carbonyl (C=O) groups is 1. The van der Waals surface area contributed by atoms with E-state index >= 15 is 0 Å². The second-order valence-corrected chi connectivity index (χ2v) is 11.6. The number of aliphatic carboxylic acids is 1. The van der Waals surface area contributed by atoms with Crippen LogP contribution in [0.3, 0.4) is 0 Å². The van der Waals surface area contributed by atoms with Gasteiger partial charge in [0.2, 0.25) is 0 Å². The molecule has 0 spiro atoms. The van der Waals surface area contributed by atoms with Crippen molar-refractivity contribution >= 4 is 14.3 Å². The van der Waals surface area contributed by atoms with Gasteiger partial charge in [0, 0.05) is 6.04 Å². The highest BCUT2D eigenvalue weighted by atomic mass is 28.4. The zero-order chi connectivity index (χ0) is 14.1. The summed E-state index contributed by atoms with van der Waals surface area (Å²) in [6, 6.07) is -0.0587. The highest BCUT2D eigenvalue weighted by Crippen LogP contribution is 2.38. The van der Waals surface area contributed by atoms with Crippen LogP contribution in [0.25, 0.3) is 0 Å². The fraction of sp³-hybridized carbons (Fsp3) is 0.923. The normalized spacial score (nSPS) is 27.2. The number of hydrogen-bond acceptors (Lipinski definition) is 3. The maximum absolute atomic E-state index is 11.1. The Hall–Kier alpha value is -0.393. The third kappa shape index (κ3) is 3.33. The standard InChI is InChI=1S/C13H27NO3Si/c1-9(12(15)16)11-10(7-8-14-11)17-18(5,6)13(2,3)4/h9-11,14H,7-8H2,1-6H3,(H,15,16). The average molecular weight is 273 g/mol. The number of carboxylic acid groups (broad SMARTS) is 1. The van der Waals surface area contributed by atoms with Crippen molar-refractivity contribution in [2.24, 2.45) is 5.92 Å². The third-order valence-corrected chi connectivity index (χ3v) is 8.89. The van der Waals surface area contributed by atoms with E-state index in [4.69, 9.17) is 9.53 Å². The quantitative estimate of drug-likeness (QED) is 0.773. The topological polar surface area (TPSA) is 58.6 Å². The molecule has 0 aromatic heterocycles. The SMILES string of the molecule is CC(C(=O)O)C1NCCC1O[Si](C)(C)C(C)(C)C. The van der Waals surface area contributed by atoms with Crippen LogP contribution < -0.4 is 5.32 Å². The van der Waals surface area contributed by atoms with Gasteiger partial charge in [-0.1, -0.05) is 27.7 Å². The minimum atomic E-state index is -1.83. The first kappa shape index (κ1) is 15.7. The first-order valence-corrected chi connectivity index (χ1v) is 9.61. The molecule has 0 aromatic carbocycles. The number of nitrogens with one attached hydrogen (secondary N) is 1. The van der Waals surface area contributed by atoms with E-state index in [1.165, 1.54) is 0 Å². The van der Waals surface area contributed by atoms with Gasteiger partial charge >= 0.3 is 5.97 Å². The molecule has 3 unspecified atom stereocenters. The lowest BCUT2D eigenvalue weighted by molar-refractivity contribution is -0.142. The lowest BCUT2D eigenvalue weighted by Gasteiger charge is -2.40. The number of rotatable bonds is 4. The summed E-state index contributed by atoms with van der Waals surface area (Å²) >= 11 is 0. The molecule has 1 fully saturated rings. The highest BCUT2D eigenvalue weighted by molar-refractivity contribution is 6.74. The first-order valence-electron chi connectivity index (χ1n) is 6.70. The molecule has 106 valence electrons. The molecule has 1 aliphatic rings. The third-order valence-electron chi connectivity index (χ3n) is 4.39. The van der Waals surface area contributed by atoms with Crippen molar-refractivity contribution in [3.63, 3.8) is 0 Å². The van der Waals surface area contributed by atoms with Gasteiger partial charge in [0.15, 0.2) is 8.32 Å². The predicted molar refractivity (Wildman–Crippen MR) is 75.3 cm³/mol. The summed E-state index contributed by atoms with van der Waals surface area (Å²) in [6.45, 7) is 13.7. The summed E-state index contributed by atoms with van der Waals surface area (Å²) in [6.07, 6.45) is 0.950. The van der Waals surface area contributed by atoms with E-state index in [1.807, 2.05) is 0 Å². The van der Waals surface area contributed by atoms with Gasteiger partial charge in [-0.25, -0.2) is 0 Å². The van der Waals surface area contributed by atoms with E-state index in [0.717, 1.165) is 13.0 Å². The Balaban J connectivity index is 2.75. The summed E-state index contributed by atoms with van der Waals surface area (Å²) in [5, 5.41) is 12.6. The molecule has 0 radical (unpaired) electrons. The zero-order valence-electron chi connectivity index (χ0n) is 12.4. The summed E-state index contributed by atoms with van der Waals surface area (Å²) in [7, 11) is -1.83. The monoisotopic (exact) mass is 273 g/mol. The minimum Gasteiger partial charge on any atom is -0.481 e. The van der Waals surface area contributed by atoms with Crippen LogP contribution in [-0.4, -0.2) is 38.1 Å². The molecule has 0 amide bonds. The molecule has 0 aliphatic carbocycles. The van der Waals surface area contributed by atoms with Crippen molar-refractivity contribution in [2.45, 2.75) is 64.4 Å². The van der Waals surface area contributed by atoms with E-state index in [1.54, 1.807) is 6.92 Å². The second kappa shape index (κ2) is 5.31. The molecule has 1 heterocycles. The largest absolute Gasteiger partial charge is 0.481 e.